The molecule has 3 amide bonds. The third-order valence-corrected chi connectivity index (χ3v) is 5.70. The van der Waals surface area contributed by atoms with Crippen LogP contribution in [0.4, 0.5) is 14.5 Å². The molecule has 0 saturated carbocycles. The van der Waals surface area contributed by atoms with Crippen molar-refractivity contribution in [2.75, 3.05) is 11.9 Å². The number of carbonyl (C=O) groups excluding carboxylic acids is 3. The summed E-state index contributed by atoms with van der Waals surface area (Å²) in [6.45, 7) is 1.63. The molecule has 0 aromatic heterocycles. The molecule has 0 spiro atoms. The molecular formula is C21H19F2N3O3. The van der Waals surface area contributed by atoms with E-state index in [4.69, 9.17) is 0 Å². The van der Waals surface area contributed by atoms with E-state index >= 15 is 0 Å². The van der Waals surface area contributed by atoms with Crippen molar-refractivity contribution < 1.29 is 23.2 Å². The van der Waals surface area contributed by atoms with Crippen LogP contribution in [0, 0.1) is 11.6 Å². The van der Waals surface area contributed by atoms with Gasteiger partial charge in [-0.15, -0.1) is 0 Å². The molecule has 1 N–H and O–H groups in total. The van der Waals surface area contributed by atoms with E-state index in [0.717, 1.165) is 12.1 Å². The highest BCUT2D eigenvalue weighted by atomic mass is 19.2. The predicted octanol–water partition coefficient (Wildman–Crippen LogP) is 2.75. The zero-order valence-corrected chi connectivity index (χ0v) is 15.9. The number of likely N-dealkylation sites (N-methyl/N-ethyl adjacent to an activating group) is 1. The number of hydrogen-bond donors (Lipinski definition) is 1. The van der Waals surface area contributed by atoms with E-state index in [-0.39, 0.29) is 24.7 Å². The number of amides is 3. The molecule has 0 radical (unpaired) electrons. The van der Waals surface area contributed by atoms with Gasteiger partial charge in [0.05, 0.1) is 17.3 Å². The highest BCUT2D eigenvalue weighted by Crippen LogP contribution is 2.44. The molecule has 2 atom stereocenters. The van der Waals surface area contributed by atoms with Crippen LogP contribution in [-0.2, 0) is 9.59 Å². The van der Waals surface area contributed by atoms with Crippen LogP contribution in [0.3, 0.4) is 0 Å². The average molecular weight is 399 g/mol. The van der Waals surface area contributed by atoms with Crippen molar-refractivity contribution in [2.45, 2.75) is 31.5 Å². The van der Waals surface area contributed by atoms with Crippen LogP contribution in [0.15, 0.2) is 42.5 Å². The van der Waals surface area contributed by atoms with Crippen LogP contribution in [0.1, 0.15) is 41.7 Å². The molecule has 8 heteroatoms. The Balaban J connectivity index is 1.72. The van der Waals surface area contributed by atoms with Gasteiger partial charge in [-0.2, -0.15) is 0 Å². The SMILES string of the molecule is CC(NC(=O)C12CCC(=O)N1c1ccccc1C(=O)N2C)c1ccc(F)c(F)c1. The molecule has 2 aliphatic heterocycles. The standard InChI is InChI=1S/C21H19F2N3O3/c1-12(13-7-8-15(22)16(23)11-13)24-20(29)21-10-9-18(27)26(21)17-6-4-3-5-14(17)19(28)25(21)2/h3-8,11-12H,9-10H2,1-2H3,(H,24,29). The van der Waals surface area contributed by atoms with E-state index < -0.39 is 29.2 Å². The number of benzene rings is 2. The quantitative estimate of drug-likeness (QED) is 0.863. The smallest absolute Gasteiger partial charge is 0.267 e. The van der Waals surface area contributed by atoms with Gasteiger partial charge in [0, 0.05) is 19.9 Å². The Bertz CT molecular complexity index is 1040. The molecule has 2 aromatic rings. The largest absolute Gasteiger partial charge is 0.346 e. The summed E-state index contributed by atoms with van der Waals surface area (Å²) in [7, 11) is 1.49. The normalized spacial score (nSPS) is 21.7. The van der Waals surface area contributed by atoms with Gasteiger partial charge in [0.15, 0.2) is 11.6 Å². The minimum Gasteiger partial charge on any atom is -0.346 e. The summed E-state index contributed by atoms with van der Waals surface area (Å²) in [5, 5.41) is 2.76. The van der Waals surface area contributed by atoms with E-state index in [1.54, 1.807) is 31.2 Å². The summed E-state index contributed by atoms with van der Waals surface area (Å²) < 4.78 is 26.8. The fourth-order valence-electron chi connectivity index (χ4n) is 4.11. The number of rotatable bonds is 3. The molecule has 1 fully saturated rings. The number of anilines is 1. The summed E-state index contributed by atoms with van der Waals surface area (Å²) in [5.41, 5.74) is -0.388. The van der Waals surface area contributed by atoms with Gasteiger partial charge < -0.3 is 10.2 Å². The van der Waals surface area contributed by atoms with Crippen molar-refractivity contribution in [2.24, 2.45) is 0 Å². The molecule has 150 valence electrons. The molecule has 1 saturated heterocycles. The monoisotopic (exact) mass is 399 g/mol. The second-order valence-electron chi connectivity index (χ2n) is 7.30. The first-order valence-electron chi connectivity index (χ1n) is 9.23. The summed E-state index contributed by atoms with van der Waals surface area (Å²) >= 11 is 0. The molecule has 2 unspecified atom stereocenters. The van der Waals surface area contributed by atoms with Crippen molar-refractivity contribution in [1.29, 1.82) is 0 Å². The number of halogens is 2. The lowest BCUT2D eigenvalue weighted by Gasteiger charge is -2.47. The van der Waals surface area contributed by atoms with Crippen LogP contribution >= 0.6 is 0 Å². The molecule has 0 aliphatic carbocycles. The predicted molar refractivity (Wildman–Crippen MR) is 101 cm³/mol. The number of nitrogens with zero attached hydrogens (tertiary/aromatic N) is 2. The van der Waals surface area contributed by atoms with Gasteiger partial charge in [-0.3, -0.25) is 19.3 Å². The number of fused-ring (bicyclic) bond motifs is 3. The Labute approximate surface area is 166 Å². The van der Waals surface area contributed by atoms with Gasteiger partial charge in [-0.25, -0.2) is 8.78 Å². The Hall–Kier alpha value is -3.29. The van der Waals surface area contributed by atoms with Crippen molar-refractivity contribution in [3.63, 3.8) is 0 Å². The molecule has 29 heavy (non-hydrogen) atoms. The summed E-state index contributed by atoms with van der Waals surface area (Å²) in [6, 6.07) is 9.38. The number of para-hydroxylation sites is 1. The van der Waals surface area contributed by atoms with Crippen LogP contribution in [0.2, 0.25) is 0 Å². The Kier molecular flexibility index (Phi) is 4.37. The molecule has 6 nitrogen and oxygen atoms in total. The number of carbonyl (C=O) groups is 3. The van der Waals surface area contributed by atoms with Crippen LogP contribution in [0.5, 0.6) is 0 Å². The molecule has 4 rings (SSSR count). The minimum absolute atomic E-state index is 0.110. The van der Waals surface area contributed by atoms with Gasteiger partial charge in [0.2, 0.25) is 11.6 Å². The van der Waals surface area contributed by atoms with Crippen molar-refractivity contribution in [1.82, 2.24) is 10.2 Å². The van der Waals surface area contributed by atoms with E-state index in [1.165, 1.54) is 22.9 Å². The molecule has 2 heterocycles. The van der Waals surface area contributed by atoms with Gasteiger partial charge >= 0.3 is 0 Å². The molecule has 2 aromatic carbocycles. The first-order chi connectivity index (χ1) is 13.8. The fraction of sp³-hybridized carbons (Fsp3) is 0.286. The van der Waals surface area contributed by atoms with Crippen LogP contribution in [-0.4, -0.2) is 35.3 Å². The van der Waals surface area contributed by atoms with E-state index in [9.17, 15) is 23.2 Å². The number of hydrogen-bond acceptors (Lipinski definition) is 3. The van der Waals surface area contributed by atoms with E-state index in [1.807, 2.05) is 0 Å². The zero-order chi connectivity index (χ0) is 20.9. The summed E-state index contributed by atoms with van der Waals surface area (Å²) in [5.74, 6) is -3.16. The fourth-order valence-corrected chi connectivity index (χ4v) is 4.11. The third kappa shape index (κ3) is 2.70. The van der Waals surface area contributed by atoms with Crippen LogP contribution in [0.25, 0.3) is 0 Å². The van der Waals surface area contributed by atoms with Gasteiger partial charge in [0.25, 0.3) is 11.8 Å². The second-order valence-corrected chi connectivity index (χ2v) is 7.30. The minimum atomic E-state index is -1.50. The van der Waals surface area contributed by atoms with Crippen molar-refractivity contribution >= 4 is 23.4 Å². The Morgan fingerprint density at radius 2 is 1.86 bits per heavy atom. The van der Waals surface area contributed by atoms with Crippen LogP contribution < -0.4 is 10.2 Å². The van der Waals surface area contributed by atoms with Crippen molar-refractivity contribution in [3.05, 3.63) is 65.2 Å². The summed E-state index contributed by atoms with van der Waals surface area (Å²) in [6.07, 6.45) is 0.248. The molecule has 2 aliphatic rings. The van der Waals surface area contributed by atoms with E-state index in [2.05, 4.69) is 5.32 Å². The first-order valence-corrected chi connectivity index (χ1v) is 9.23. The Morgan fingerprint density at radius 3 is 2.59 bits per heavy atom. The molecular weight excluding hydrogens is 380 g/mol. The number of nitrogens with one attached hydrogen (secondary N) is 1. The lowest BCUT2D eigenvalue weighted by Crippen LogP contribution is -2.69. The maximum atomic E-state index is 13.6. The maximum absolute atomic E-state index is 13.6. The van der Waals surface area contributed by atoms with E-state index in [0.29, 0.717) is 16.8 Å². The first kappa shape index (κ1) is 19.0. The topological polar surface area (TPSA) is 69.7 Å². The lowest BCUT2D eigenvalue weighted by molar-refractivity contribution is -0.133. The highest BCUT2D eigenvalue weighted by Gasteiger charge is 2.59. The highest BCUT2D eigenvalue weighted by molar-refractivity contribution is 6.16. The summed E-state index contributed by atoms with van der Waals surface area (Å²) in [4.78, 5) is 41.7. The van der Waals surface area contributed by atoms with Gasteiger partial charge in [-0.05, 0) is 36.8 Å². The lowest BCUT2D eigenvalue weighted by atomic mass is 9.95. The third-order valence-electron chi connectivity index (χ3n) is 5.70. The molecule has 0 bridgehead atoms. The van der Waals surface area contributed by atoms with Gasteiger partial charge in [-0.1, -0.05) is 18.2 Å². The maximum Gasteiger partial charge on any atom is 0.267 e. The van der Waals surface area contributed by atoms with Gasteiger partial charge in [0.1, 0.15) is 0 Å². The second kappa shape index (κ2) is 6.65. The zero-order valence-electron chi connectivity index (χ0n) is 15.9. The van der Waals surface area contributed by atoms with Crippen molar-refractivity contribution in [3.8, 4) is 0 Å². The average Bonchev–Trinajstić information content (AvgIpc) is 3.06. The Morgan fingerprint density at radius 1 is 1.14 bits per heavy atom.